The Morgan fingerprint density at radius 2 is 2.20 bits per heavy atom. The standard InChI is InChI=1S/C8H14N4O2S/c1-5(2)3-9-6(13)4-12-7(14)10-11-8(12)15/h5H,3-4H2,1-2H3,(H,9,13)(H,10,14)(H,11,15). The highest BCUT2D eigenvalue weighted by atomic mass is 32.1. The molecular weight excluding hydrogens is 216 g/mol. The van der Waals surface area contributed by atoms with E-state index >= 15 is 0 Å². The number of rotatable bonds is 4. The lowest BCUT2D eigenvalue weighted by Gasteiger charge is -2.06. The molecule has 0 bridgehead atoms. The summed E-state index contributed by atoms with van der Waals surface area (Å²) in [5.41, 5.74) is -0.403. The summed E-state index contributed by atoms with van der Waals surface area (Å²) in [5, 5.41) is 7.47. The van der Waals surface area contributed by atoms with E-state index in [0.717, 1.165) is 0 Å². The lowest BCUT2D eigenvalue weighted by atomic mass is 10.2. The van der Waals surface area contributed by atoms with E-state index in [0.29, 0.717) is 12.5 Å². The molecule has 0 fully saturated rings. The summed E-state index contributed by atoms with van der Waals surface area (Å²) in [6.45, 7) is 4.53. The van der Waals surface area contributed by atoms with E-state index in [2.05, 4.69) is 15.5 Å². The molecule has 3 N–H and O–H groups in total. The summed E-state index contributed by atoms with van der Waals surface area (Å²) in [4.78, 5) is 22.5. The minimum atomic E-state index is -0.403. The third kappa shape index (κ3) is 3.35. The fraction of sp³-hybridized carbons (Fsp3) is 0.625. The van der Waals surface area contributed by atoms with Crippen molar-refractivity contribution >= 4 is 18.1 Å². The number of nitrogens with one attached hydrogen (secondary N) is 3. The minimum absolute atomic E-state index is 0.0512. The largest absolute Gasteiger partial charge is 0.354 e. The number of carbonyl (C=O) groups excluding carboxylic acids is 1. The topological polar surface area (TPSA) is 82.7 Å². The van der Waals surface area contributed by atoms with Crippen LogP contribution in [-0.2, 0) is 11.3 Å². The maximum Gasteiger partial charge on any atom is 0.342 e. The quantitative estimate of drug-likeness (QED) is 0.637. The molecule has 0 unspecified atom stereocenters. The van der Waals surface area contributed by atoms with Gasteiger partial charge in [0.25, 0.3) is 0 Å². The predicted octanol–water partition coefficient (Wildman–Crippen LogP) is 0.00619. The molecule has 0 aromatic carbocycles. The maximum atomic E-state index is 11.4. The number of amides is 1. The Labute approximate surface area is 91.7 Å². The first kappa shape index (κ1) is 11.7. The molecule has 6 nitrogen and oxygen atoms in total. The molecule has 0 aliphatic rings. The van der Waals surface area contributed by atoms with Crippen LogP contribution in [0.1, 0.15) is 13.8 Å². The van der Waals surface area contributed by atoms with Gasteiger partial charge in [-0.25, -0.2) is 9.89 Å². The molecule has 0 spiro atoms. The van der Waals surface area contributed by atoms with Gasteiger partial charge in [0.05, 0.1) is 0 Å². The highest BCUT2D eigenvalue weighted by Gasteiger charge is 2.06. The number of hydrogen-bond donors (Lipinski definition) is 3. The van der Waals surface area contributed by atoms with Gasteiger partial charge in [0.2, 0.25) is 5.91 Å². The van der Waals surface area contributed by atoms with Crippen LogP contribution in [0.15, 0.2) is 4.79 Å². The average Bonchev–Trinajstić information content (AvgIpc) is 2.46. The first-order valence-electron chi connectivity index (χ1n) is 4.65. The van der Waals surface area contributed by atoms with Crippen LogP contribution in [0.5, 0.6) is 0 Å². The van der Waals surface area contributed by atoms with Gasteiger partial charge in [0.15, 0.2) is 4.77 Å². The Morgan fingerprint density at radius 3 is 2.67 bits per heavy atom. The third-order valence-electron chi connectivity index (χ3n) is 1.78. The van der Waals surface area contributed by atoms with Crippen molar-refractivity contribution in [1.82, 2.24) is 20.1 Å². The molecule has 15 heavy (non-hydrogen) atoms. The zero-order chi connectivity index (χ0) is 11.4. The van der Waals surface area contributed by atoms with Crippen molar-refractivity contribution in [2.75, 3.05) is 6.54 Å². The normalized spacial score (nSPS) is 10.6. The van der Waals surface area contributed by atoms with Gasteiger partial charge in [-0.05, 0) is 18.1 Å². The van der Waals surface area contributed by atoms with Crippen LogP contribution >= 0.6 is 12.2 Å². The number of nitrogens with zero attached hydrogens (tertiary/aromatic N) is 1. The lowest BCUT2D eigenvalue weighted by Crippen LogP contribution is -2.33. The fourth-order valence-corrected chi connectivity index (χ4v) is 1.19. The molecule has 1 aromatic heterocycles. The van der Waals surface area contributed by atoms with Gasteiger partial charge in [-0.1, -0.05) is 13.8 Å². The Morgan fingerprint density at radius 1 is 1.53 bits per heavy atom. The van der Waals surface area contributed by atoms with E-state index in [1.54, 1.807) is 0 Å². The smallest absolute Gasteiger partial charge is 0.342 e. The molecule has 0 aliphatic heterocycles. The molecule has 0 atom stereocenters. The number of H-pyrrole nitrogens is 2. The van der Waals surface area contributed by atoms with E-state index in [1.165, 1.54) is 4.57 Å². The average molecular weight is 230 g/mol. The van der Waals surface area contributed by atoms with Crippen molar-refractivity contribution in [2.24, 2.45) is 5.92 Å². The summed E-state index contributed by atoms with van der Waals surface area (Å²) in [6.07, 6.45) is 0. The Balaban J connectivity index is 2.59. The van der Waals surface area contributed by atoms with Crippen LogP contribution in [0.2, 0.25) is 0 Å². The van der Waals surface area contributed by atoms with Crippen molar-refractivity contribution < 1.29 is 4.79 Å². The number of hydrogen-bond acceptors (Lipinski definition) is 3. The van der Waals surface area contributed by atoms with Gasteiger partial charge in [0, 0.05) is 6.54 Å². The van der Waals surface area contributed by atoms with Crippen LogP contribution in [0.3, 0.4) is 0 Å². The summed E-state index contributed by atoms with van der Waals surface area (Å²) in [5.74, 6) is 0.163. The van der Waals surface area contributed by atoms with Crippen molar-refractivity contribution in [3.05, 3.63) is 15.3 Å². The Hall–Kier alpha value is -1.37. The van der Waals surface area contributed by atoms with Crippen molar-refractivity contribution in [3.63, 3.8) is 0 Å². The number of aromatic nitrogens is 3. The molecule has 0 radical (unpaired) electrons. The molecular formula is C8H14N4O2S. The van der Waals surface area contributed by atoms with Gasteiger partial charge in [-0.2, -0.15) is 0 Å². The van der Waals surface area contributed by atoms with E-state index in [9.17, 15) is 9.59 Å². The van der Waals surface area contributed by atoms with Gasteiger partial charge < -0.3 is 5.32 Å². The Kier molecular flexibility index (Phi) is 3.84. The van der Waals surface area contributed by atoms with E-state index in [1.807, 2.05) is 13.8 Å². The molecule has 7 heteroatoms. The SMILES string of the molecule is CC(C)CNC(=O)Cn1c(=O)[nH][nH]c1=S. The van der Waals surface area contributed by atoms with E-state index in [4.69, 9.17) is 12.2 Å². The molecule has 1 amide bonds. The molecule has 0 aliphatic carbocycles. The van der Waals surface area contributed by atoms with Crippen LogP contribution in [0, 0.1) is 10.7 Å². The maximum absolute atomic E-state index is 11.4. The lowest BCUT2D eigenvalue weighted by molar-refractivity contribution is -0.121. The first-order chi connectivity index (χ1) is 7.00. The molecule has 1 aromatic rings. The summed E-state index contributed by atoms with van der Waals surface area (Å²) < 4.78 is 1.39. The fourth-order valence-electron chi connectivity index (χ4n) is 0.995. The van der Waals surface area contributed by atoms with Gasteiger partial charge >= 0.3 is 5.69 Å². The van der Waals surface area contributed by atoms with Crippen molar-refractivity contribution in [3.8, 4) is 0 Å². The van der Waals surface area contributed by atoms with E-state index < -0.39 is 5.69 Å². The summed E-state index contributed by atoms with van der Waals surface area (Å²) in [6, 6.07) is 0. The summed E-state index contributed by atoms with van der Waals surface area (Å²) >= 11 is 4.82. The molecule has 0 saturated heterocycles. The van der Waals surface area contributed by atoms with Gasteiger partial charge in [-0.3, -0.25) is 14.5 Å². The Bertz CT molecular complexity index is 414. The number of aromatic amines is 2. The summed E-state index contributed by atoms with van der Waals surface area (Å²) in [7, 11) is 0. The van der Waals surface area contributed by atoms with E-state index in [-0.39, 0.29) is 17.2 Å². The highest BCUT2D eigenvalue weighted by Crippen LogP contribution is 1.88. The second-order valence-electron chi connectivity index (χ2n) is 3.64. The molecule has 0 saturated carbocycles. The monoisotopic (exact) mass is 230 g/mol. The number of carbonyl (C=O) groups is 1. The van der Waals surface area contributed by atoms with Crippen molar-refractivity contribution in [2.45, 2.75) is 20.4 Å². The van der Waals surface area contributed by atoms with Crippen LogP contribution in [0.25, 0.3) is 0 Å². The highest BCUT2D eigenvalue weighted by molar-refractivity contribution is 7.71. The second kappa shape index (κ2) is 4.92. The molecule has 84 valence electrons. The minimum Gasteiger partial charge on any atom is -0.354 e. The molecule has 1 rings (SSSR count). The van der Waals surface area contributed by atoms with Crippen molar-refractivity contribution in [1.29, 1.82) is 0 Å². The van der Waals surface area contributed by atoms with Crippen LogP contribution < -0.4 is 11.0 Å². The third-order valence-corrected chi connectivity index (χ3v) is 2.10. The first-order valence-corrected chi connectivity index (χ1v) is 5.05. The zero-order valence-corrected chi connectivity index (χ0v) is 9.48. The van der Waals surface area contributed by atoms with Crippen LogP contribution in [-0.4, -0.2) is 27.2 Å². The second-order valence-corrected chi connectivity index (χ2v) is 4.03. The van der Waals surface area contributed by atoms with Gasteiger partial charge in [-0.15, -0.1) is 0 Å². The predicted molar refractivity (Wildman–Crippen MR) is 58.1 cm³/mol. The zero-order valence-electron chi connectivity index (χ0n) is 8.66. The van der Waals surface area contributed by atoms with Crippen LogP contribution in [0.4, 0.5) is 0 Å². The van der Waals surface area contributed by atoms with Gasteiger partial charge in [0.1, 0.15) is 6.54 Å². The molecule has 1 heterocycles.